The summed E-state index contributed by atoms with van der Waals surface area (Å²) in [6.07, 6.45) is 16.2. The smallest absolute Gasteiger partial charge is 0.128 e. The number of aromatic nitrogens is 3. The van der Waals surface area contributed by atoms with Crippen molar-refractivity contribution in [2.24, 2.45) is 46.3 Å². The van der Waals surface area contributed by atoms with E-state index in [2.05, 4.69) is 30.7 Å². The Balaban J connectivity index is 1.17. The molecule has 2 N–H and O–H groups in total. The Kier molecular flexibility index (Phi) is 5.95. The third kappa shape index (κ3) is 3.83. The van der Waals surface area contributed by atoms with Gasteiger partial charge in [-0.3, -0.25) is 4.98 Å². The zero-order chi connectivity index (χ0) is 24.4. The predicted octanol–water partition coefficient (Wildman–Crippen LogP) is 5.58. The van der Waals surface area contributed by atoms with E-state index in [1.807, 2.05) is 18.5 Å². The molecule has 0 saturated heterocycles. The number of hydrogen-bond donors (Lipinski definition) is 2. The molecule has 6 rings (SSSR count). The van der Waals surface area contributed by atoms with Gasteiger partial charge in [-0.1, -0.05) is 20.8 Å². The Labute approximate surface area is 210 Å². The second-order valence-corrected chi connectivity index (χ2v) is 13.2. The van der Waals surface area contributed by atoms with Crippen molar-refractivity contribution in [3.8, 4) is 0 Å². The number of aryl methyl sites for hydroxylation is 1. The normalized spacial score (nSPS) is 43.9. The molecule has 0 amide bonds. The molecule has 190 valence electrons. The molecule has 4 saturated carbocycles. The van der Waals surface area contributed by atoms with Crippen LogP contribution in [0.1, 0.15) is 84.4 Å². The average Bonchev–Trinajstić information content (AvgIpc) is 3.21. The van der Waals surface area contributed by atoms with Gasteiger partial charge in [-0.05, 0) is 110 Å². The van der Waals surface area contributed by atoms with Crippen LogP contribution in [0.5, 0.6) is 0 Å². The van der Waals surface area contributed by atoms with Crippen LogP contribution in [-0.4, -0.2) is 37.4 Å². The van der Waals surface area contributed by atoms with Crippen LogP contribution in [0.3, 0.4) is 0 Å². The van der Waals surface area contributed by atoms with Gasteiger partial charge in [-0.2, -0.15) is 0 Å². The Hall–Kier alpha value is -1.59. The predicted molar refractivity (Wildman–Crippen MR) is 137 cm³/mol. The quantitative estimate of drug-likeness (QED) is 0.601. The SMILES string of the molecule is C[C@H](CCc1ncc2cnccc2n1)[C@H]1CC[C@H]2[C@H]3C(CC[C@]12C)[C@@]1(C)CC[C@@H](O)C[C@H]1C[C@@H]3O. The van der Waals surface area contributed by atoms with Crippen molar-refractivity contribution in [1.29, 1.82) is 0 Å². The van der Waals surface area contributed by atoms with Gasteiger partial charge >= 0.3 is 0 Å². The lowest BCUT2D eigenvalue weighted by molar-refractivity contribution is -0.174. The Morgan fingerprint density at radius 1 is 1.00 bits per heavy atom. The first-order chi connectivity index (χ1) is 16.8. The minimum absolute atomic E-state index is 0.161. The van der Waals surface area contributed by atoms with Crippen LogP contribution in [-0.2, 0) is 6.42 Å². The van der Waals surface area contributed by atoms with Gasteiger partial charge in [0.05, 0.1) is 17.7 Å². The second-order valence-electron chi connectivity index (χ2n) is 13.2. The van der Waals surface area contributed by atoms with Crippen molar-refractivity contribution in [2.75, 3.05) is 0 Å². The standard InChI is InChI=1S/C30H43N3O2/c1-18(4-7-27-32-17-19-16-31-13-10-25(19)33-27)22-5-6-23-28-24(9-12-30(22,23)3)29(2)11-8-21(34)14-20(29)15-26(28)35/h10,13,16-18,20-24,26,28,34-35H,4-9,11-12,14-15H2,1-3H3/t18-,20+,21-,22-,23+,24?,26+,28+,29+,30-/m1/s1. The average molecular weight is 478 g/mol. The number of pyridine rings is 1. The first-order valence-electron chi connectivity index (χ1n) is 14.2. The van der Waals surface area contributed by atoms with Gasteiger partial charge in [-0.25, -0.2) is 9.97 Å². The number of aliphatic hydroxyl groups excluding tert-OH is 2. The van der Waals surface area contributed by atoms with E-state index < -0.39 is 0 Å². The monoisotopic (exact) mass is 477 g/mol. The zero-order valence-corrected chi connectivity index (χ0v) is 21.7. The molecule has 4 aliphatic rings. The van der Waals surface area contributed by atoms with Crippen molar-refractivity contribution in [1.82, 2.24) is 15.0 Å². The van der Waals surface area contributed by atoms with Crippen molar-refractivity contribution >= 4 is 10.9 Å². The first-order valence-corrected chi connectivity index (χ1v) is 14.2. The summed E-state index contributed by atoms with van der Waals surface area (Å²) < 4.78 is 0. The molecule has 2 aromatic heterocycles. The van der Waals surface area contributed by atoms with Gasteiger partial charge < -0.3 is 10.2 Å². The molecule has 5 nitrogen and oxygen atoms in total. The van der Waals surface area contributed by atoms with E-state index in [1.54, 1.807) is 6.20 Å². The van der Waals surface area contributed by atoms with Crippen LogP contribution < -0.4 is 0 Å². The minimum Gasteiger partial charge on any atom is -0.393 e. The number of hydrogen-bond acceptors (Lipinski definition) is 5. The molecule has 0 aliphatic heterocycles. The summed E-state index contributed by atoms with van der Waals surface area (Å²) in [5, 5.41) is 22.8. The summed E-state index contributed by atoms with van der Waals surface area (Å²) in [5.41, 5.74) is 1.61. The van der Waals surface area contributed by atoms with Crippen molar-refractivity contribution in [3.05, 3.63) is 30.5 Å². The lowest BCUT2D eigenvalue weighted by Crippen LogP contribution is -2.58. The van der Waals surface area contributed by atoms with Gasteiger partial charge in [0.1, 0.15) is 5.82 Å². The third-order valence-corrected chi connectivity index (χ3v) is 11.7. The topological polar surface area (TPSA) is 79.1 Å². The highest BCUT2D eigenvalue weighted by Crippen LogP contribution is 2.68. The molecule has 0 radical (unpaired) electrons. The first kappa shape index (κ1) is 23.8. The Morgan fingerprint density at radius 2 is 1.80 bits per heavy atom. The molecule has 4 fully saturated rings. The summed E-state index contributed by atoms with van der Waals surface area (Å²) in [7, 11) is 0. The van der Waals surface area contributed by atoms with Gasteiger partial charge in [0, 0.05) is 30.4 Å². The Bertz CT molecular complexity index is 1080. The molecule has 0 spiro atoms. The number of fused-ring (bicyclic) bond motifs is 6. The molecule has 35 heavy (non-hydrogen) atoms. The van der Waals surface area contributed by atoms with E-state index in [9.17, 15) is 10.2 Å². The summed E-state index contributed by atoms with van der Waals surface area (Å²) >= 11 is 0. The van der Waals surface area contributed by atoms with Crippen molar-refractivity contribution < 1.29 is 10.2 Å². The molecular weight excluding hydrogens is 434 g/mol. The lowest BCUT2D eigenvalue weighted by atomic mass is 9.43. The van der Waals surface area contributed by atoms with E-state index >= 15 is 0 Å². The maximum absolute atomic E-state index is 11.5. The van der Waals surface area contributed by atoms with Gasteiger partial charge in [0.25, 0.3) is 0 Å². The van der Waals surface area contributed by atoms with Gasteiger partial charge in [0.15, 0.2) is 0 Å². The fraction of sp³-hybridized carbons (Fsp3) is 0.767. The lowest BCUT2D eigenvalue weighted by Gasteiger charge is -2.62. The van der Waals surface area contributed by atoms with Gasteiger partial charge in [-0.15, -0.1) is 0 Å². The number of aliphatic hydroxyl groups is 2. The highest BCUT2D eigenvalue weighted by atomic mass is 16.3. The van der Waals surface area contributed by atoms with E-state index in [4.69, 9.17) is 4.98 Å². The maximum Gasteiger partial charge on any atom is 0.128 e. The van der Waals surface area contributed by atoms with Crippen LogP contribution in [0.15, 0.2) is 24.7 Å². The molecule has 1 unspecified atom stereocenters. The zero-order valence-electron chi connectivity index (χ0n) is 21.7. The molecule has 5 heteroatoms. The van der Waals surface area contributed by atoms with Crippen LogP contribution in [0, 0.1) is 46.3 Å². The highest BCUT2D eigenvalue weighted by Gasteiger charge is 2.62. The molecule has 0 bridgehead atoms. The van der Waals surface area contributed by atoms with E-state index in [0.29, 0.717) is 46.3 Å². The fourth-order valence-electron chi connectivity index (χ4n) is 9.77. The van der Waals surface area contributed by atoms with E-state index in [1.165, 1.54) is 25.7 Å². The third-order valence-electron chi connectivity index (χ3n) is 11.7. The molecule has 2 heterocycles. The largest absolute Gasteiger partial charge is 0.393 e. The maximum atomic E-state index is 11.5. The van der Waals surface area contributed by atoms with E-state index in [0.717, 1.165) is 55.3 Å². The van der Waals surface area contributed by atoms with Crippen LogP contribution in [0.25, 0.3) is 10.9 Å². The van der Waals surface area contributed by atoms with Crippen LogP contribution in [0.4, 0.5) is 0 Å². The fourth-order valence-corrected chi connectivity index (χ4v) is 9.77. The molecular formula is C30H43N3O2. The molecule has 10 atom stereocenters. The second kappa shape index (κ2) is 8.76. The number of nitrogens with zero attached hydrogens (tertiary/aromatic N) is 3. The highest BCUT2D eigenvalue weighted by molar-refractivity contribution is 5.75. The van der Waals surface area contributed by atoms with Crippen LogP contribution >= 0.6 is 0 Å². The summed E-state index contributed by atoms with van der Waals surface area (Å²) in [6.45, 7) is 7.52. The minimum atomic E-state index is -0.192. The Morgan fingerprint density at radius 3 is 2.66 bits per heavy atom. The number of rotatable bonds is 4. The summed E-state index contributed by atoms with van der Waals surface area (Å²) in [6, 6.07) is 1.97. The molecule has 0 aromatic carbocycles. The molecule has 2 aromatic rings. The van der Waals surface area contributed by atoms with Crippen molar-refractivity contribution in [3.63, 3.8) is 0 Å². The summed E-state index contributed by atoms with van der Waals surface area (Å²) in [5.74, 6) is 4.48. The van der Waals surface area contributed by atoms with Crippen molar-refractivity contribution in [2.45, 2.75) is 97.2 Å². The summed E-state index contributed by atoms with van der Waals surface area (Å²) in [4.78, 5) is 13.6. The van der Waals surface area contributed by atoms with Gasteiger partial charge in [0.2, 0.25) is 0 Å². The van der Waals surface area contributed by atoms with E-state index in [-0.39, 0.29) is 12.2 Å². The molecule has 4 aliphatic carbocycles. The van der Waals surface area contributed by atoms with Crippen LogP contribution in [0.2, 0.25) is 0 Å².